The molecule has 1 unspecified atom stereocenters. The molecule has 0 bridgehead atoms. The van der Waals surface area contributed by atoms with Gasteiger partial charge in [-0.05, 0) is 77.3 Å². The van der Waals surface area contributed by atoms with E-state index >= 15 is 0 Å². The predicted molar refractivity (Wildman–Crippen MR) is 177 cm³/mol. The van der Waals surface area contributed by atoms with Crippen molar-refractivity contribution < 1.29 is 42.1 Å². The number of anilines is 1. The summed E-state index contributed by atoms with van der Waals surface area (Å²) in [4.78, 5) is 16.6. The van der Waals surface area contributed by atoms with E-state index in [1.54, 1.807) is 0 Å². The smallest absolute Gasteiger partial charge is 0.338 e. The monoisotopic (exact) mass is 703 g/mol. The van der Waals surface area contributed by atoms with Crippen molar-refractivity contribution in [3.8, 4) is 11.5 Å². The molecular weight excluding hydrogens is 681 g/mol. The fourth-order valence-corrected chi connectivity index (χ4v) is 4.82. The molecule has 0 aliphatic rings. The van der Waals surface area contributed by atoms with Gasteiger partial charge in [0.1, 0.15) is 22.8 Å². The number of aromatic carboxylic acids is 1. The number of sulfone groups is 1. The number of hydrogen-bond acceptors (Lipinski definition) is 16. The standard InChI is InChI=1S/C30H24N8O9S2/c1-3-49(45,46)22-11-8-20(9-12-22)33-37-28-26(39)15-23(30(41)42)27(29(28)40)36-34-21-10-13-24(25(14-21)38-47-16-31)35-32-19-6-4-18(5-7-19)17(2)48(43)44/h3-16,31,38-40H,1-2H2,(H,41,42)(H,43,44)/p-1. The number of rotatable bonds is 14. The predicted octanol–water partition coefficient (Wildman–Crippen LogP) is 7.76. The molecule has 0 saturated carbocycles. The van der Waals surface area contributed by atoms with Crippen molar-refractivity contribution in [1.29, 1.82) is 5.41 Å². The van der Waals surface area contributed by atoms with Crippen LogP contribution < -0.4 is 5.48 Å². The van der Waals surface area contributed by atoms with Gasteiger partial charge >= 0.3 is 5.97 Å². The van der Waals surface area contributed by atoms with Gasteiger partial charge in [0, 0.05) is 10.3 Å². The van der Waals surface area contributed by atoms with Crippen LogP contribution in [0.25, 0.3) is 4.91 Å². The third kappa shape index (κ3) is 8.68. The van der Waals surface area contributed by atoms with Gasteiger partial charge in [-0.15, -0.1) is 15.3 Å². The van der Waals surface area contributed by atoms with E-state index in [4.69, 9.17) is 10.2 Å². The summed E-state index contributed by atoms with van der Waals surface area (Å²) in [6, 6.07) is 16.2. The Morgan fingerprint density at radius 2 is 1.45 bits per heavy atom. The molecule has 4 rings (SSSR count). The van der Waals surface area contributed by atoms with Crippen LogP contribution in [0.1, 0.15) is 15.9 Å². The Morgan fingerprint density at radius 1 is 0.878 bits per heavy atom. The van der Waals surface area contributed by atoms with Crippen LogP contribution in [0.2, 0.25) is 0 Å². The van der Waals surface area contributed by atoms with Crippen molar-refractivity contribution in [1.82, 2.24) is 0 Å². The van der Waals surface area contributed by atoms with Crippen molar-refractivity contribution in [2.45, 2.75) is 4.90 Å². The molecule has 0 saturated heterocycles. The van der Waals surface area contributed by atoms with Gasteiger partial charge in [-0.1, -0.05) is 25.3 Å². The van der Waals surface area contributed by atoms with E-state index in [0.29, 0.717) is 17.7 Å². The molecule has 5 N–H and O–H groups in total. The van der Waals surface area contributed by atoms with E-state index < -0.39 is 55.3 Å². The summed E-state index contributed by atoms with van der Waals surface area (Å²) in [5.41, 5.74) is 2.02. The highest BCUT2D eigenvalue weighted by Crippen LogP contribution is 2.47. The number of carboxylic acid groups (broad SMARTS) is 1. The molecule has 1 atom stereocenters. The van der Waals surface area contributed by atoms with Crippen molar-refractivity contribution in [2.24, 2.45) is 30.7 Å². The first-order chi connectivity index (χ1) is 23.3. The lowest BCUT2D eigenvalue weighted by molar-refractivity contribution is 0.0697. The molecule has 250 valence electrons. The van der Waals surface area contributed by atoms with E-state index in [1.165, 1.54) is 66.7 Å². The molecule has 4 aromatic rings. The van der Waals surface area contributed by atoms with Gasteiger partial charge in [-0.2, -0.15) is 15.3 Å². The number of nitrogens with zero attached hydrogens (tertiary/aromatic N) is 6. The van der Waals surface area contributed by atoms with Crippen LogP contribution in [0.5, 0.6) is 11.5 Å². The highest BCUT2D eigenvalue weighted by molar-refractivity contribution is 7.94. The zero-order valence-corrected chi connectivity index (χ0v) is 26.4. The molecule has 0 aliphatic heterocycles. The minimum Gasteiger partial charge on any atom is -0.768 e. The Bertz CT molecular complexity index is 2170. The number of azo groups is 3. The molecule has 0 amide bonds. The van der Waals surface area contributed by atoms with Gasteiger partial charge in [0.2, 0.25) is 6.40 Å². The fourth-order valence-electron chi connectivity index (χ4n) is 3.78. The fraction of sp³-hybridized carbons (Fsp3) is 0. The minimum atomic E-state index is -3.69. The SMILES string of the molecule is C=CS(=O)(=O)c1ccc(N=Nc2c(O)cc(C(=O)O)c(N=Nc3ccc(N=Nc4ccc(C(=C)S(=O)[O-])cc4)c(NOC=N)c3)c2O)cc1. The Balaban J connectivity index is 1.65. The van der Waals surface area contributed by atoms with Gasteiger partial charge in [0.25, 0.3) is 0 Å². The summed E-state index contributed by atoms with van der Waals surface area (Å²) >= 11 is -2.48. The number of carbonyl (C=O) groups is 1. The molecule has 19 heteroatoms. The first kappa shape index (κ1) is 35.4. The maximum absolute atomic E-state index is 11.9. The van der Waals surface area contributed by atoms with Crippen LogP contribution in [0.3, 0.4) is 0 Å². The molecule has 0 fully saturated rings. The number of phenols is 2. The van der Waals surface area contributed by atoms with E-state index in [1.807, 2.05) is 0 Å². The molecule has 0 radical (unpaired) electrons. The third-order valence-electron chi connectivity index (χ3n) is 6.25. The average Bonchev–Trinajstić information content (AvgIpc) is 3.09. The Hall–Kier alpha value is -6.44. The second-order valence-electron chi connectivity index (χ2n) is 9.34. The van der Waals surface area contributed by atoms with Crippen molar-refractivity contribution in [3.05, 3.63) is 102 Å². The number of nitrogens with one attached hydrogen (secondary N) is 2. The zero-order chi connectivity index (χ0) is 35.7. The van der Waals surface area contributed by atoms with Gasteiger partial charge in [0.05, 0.1) is 27.5 Å². The van der Waals surface area contributed by atoms with E-state index in [-0.39, 0.29) is 32.6 Å². The summed E-state index contributed by atoms with van der Waals surface area (Å²) < 4.78 is 46.1. The molecule has 0 spiro atoms. The maximum Gasteiger partial charge on any atom is 0.338 e. The number of carboxylic acids is 1. The lowest BCUT2D eigenvalue weighted by atomic mass is 10.1. The largest absolute Gasteiger partial charge is 0.768 e. The van der Waals surface area contributed by atoms with Crippen molar-refractivity contribution in [3.63, 3.8) is 0 Å². The highest BCUT2D eigenvalue weighted by atomic mass is 32.2. The Labute approximate surface area is 280 Å². The first-order valence-corrected chi connectivity index (χ1v) is 15.9. The molecule has 0 heterocycles. The molecule has 4 aromatic carbocycles. The minimum absolute atomic E-state index is 0.0466. The summed E-state index contributed by atoms with van der Waals surface area (Å²) in [5, 5.41) is 62.6. The lowest BCUT2D eigenvalue weighted by Gasteiger charge is -2.09. The van der Waals surface area contributed by atoms with E-state index in [0.717, 1.165) is 11.5 Å². The van der Waals surface area contributed by atoms with Crippen molar-refractivity contribution >= 4 is 78.0 Å². The van der Waals surface area contributed by atoms with Crippen LogP contribution >= 0.6 is 0 Å². The molecular formula is C30H23N8O9S2-. The Kier molecular flexibility index (Phi) is 11.2. The van der Waals surface area contributed by atoms with Gasteiger partial charge in [-0.3, -0.25) is 9.62 Å². The third-order valence-corrected chi connectivity index (χ3v) is 8.25. The average molecular weight is 704 g/mol. The highest BCUT2D eigenvalue weighted by Gasteiger charge is 2.22. The van der Waals surface area contributed by atoms with E-state index in [9.17, 15) is 37.3 Å². The molecule has 0 aromatic heterocycles. The van der Waals surface area contributed by atoms with Gasteiger partial charge in [-0.25, -0.2) is 18.7 Å². The summed E-state index contributed by atoms with van der Waals surface area (Å²) in [6.45, 7) is 6.73. The lowest BCUT2D eigenvalue weighted by Crippen LogP contribution is -1.98. The van der Waals surface area contributed by atoms with Gasteiger partial charge in [0.15, 0.2) is 21.3 Å². The summed E-state index contributed by atoms with van der Waals surface area (Å²) in [7, 11) is -3.69. The van der Waals surface area contributed by atoms with Crippen LogP contribution in [-0.2, 0) is 25.8 Å². The molecule has 49 heavy (non-hydrogen) atoms. The second-order valence-corrected chi connectivity index (χ2v) is 12.2. The van der Waals surface area contributed by atoms with Crippen molar-refractivity contribution in [2.75, 3.05) is 5.48 Å². The van der Waals surface area contributed by atoms with Crippen LogP contribution in [0.15, 0.2) is 127 Å². The Morgan fingerprint density at radius 3 is 2.04 bits per heavy atom. The maximum atomic E-state index is 11.9. The molecule has 17 nitrogen and oxygen atoms in total. The zero-order valence-electron chi connectivity index (χ0n) is 24.8. The van der Waals surface area contributed by atoms with Crippen LogP contribution in [0, 0.1) is 5.41 Å². The van der Waals surface area contributed by atoms with Crippen LogP contribution in [-0.4, -0.2) is 44.9 Å². The normalized spacial score (nSPS) is 12.3. The second kappa shape index (κ2) is 15.4. The quantitative estimate of drug-likeness (QED) is 0.0280. The van der Waals surface area contributed by atoms with E-state index in [2.05, 4.69) is 49.3 Å². The first-order valence-electron chi connectivity index (χ1n) is 13.3. The number of aromatic hydroxyl groups is 2. The summed E-state index contributed by atoms with van der Waals surface area (Å²) in [6.07, 6.45) is 0.599. The summed E-state index contributed by atoms with van der Waals surface area (Å²) in [5.74, 6) is -3.17. The number of hydrogen-bond donors (Lipinski definition) is 5. The number of phenolic OH excluding ortho intramolecular Hbond substituents is 2. The molecule has 0 aliphatic carbocycles. The topological polar surface area (TPSA) is 271 Å². The number of benzene rings is 4. The van der Waals surface area contributed by atoms with Gasteiger partial charge < -0.3 is 24.7 Å². The van der Waals surface area contributed by atoms with Crippen LogP contribution in [0.4, 0.5) is 39.8 Å².